The molecule has 202 valence electrons. The standard InChI is InChI=1S/C30H37N3O4S/c1-23-13-12-16-26(21-23)33(38(36,37)27-17-10-7-11-18-27)22-28(34)32(20-19-25-14-8-6-9-15-25)24(2)29(35)31-30(3,4)5/h6-18,21,24H,19-20,22H2,1-5H3,(H,31,35). The Morgan fingerprint density at radius 3 is 2.08 bits per heavy atom. The fourth-order valence-electron chi connectivity index (χ4n) is 4.08. The Hall–Kier alpha value is -3.65. The van der Waals surface area contributed by atoms with Gasteiger partial charge in [-0.1, -0.05) is 60.7 Å². The van der Waals surface area contributed by atoms with Crippen LogP contribution in [0.15, 0.2) is 89.8 Å². The lowest BCUT2D eigenvalue weighted by atomic mass is 10.1. The minimum Gasteiger partial charge on any atom is -0.350 e. The molecule has 0 aliphatic carbocycles. The summed E-state index contributed by atoms with van der Waals surface area (Å²) in [5.41, 5.74) is 1.78. The van der Waals surface area contributed by atoms with Crippen LogP contribution >= 0.6 is 0 Å². The molecule has 38 heavy (non-hydrogen) atoms. The summed E-state index contributed by atoms with van der Waals surface area (Å²) in [6.07, 6.45) is 0.523. The van der Waals surface area contributed by atoms with Gasteiger partial charge in [0.05, 0.1) is 10.6 Å². The van der Waals surface area contributed by atoms with E-state index in [0.717, 1.165) is 15.4 Å². The second-order valence-corrected chi connectivity index (χ2v) is 12.3. The summed E-state index contributed by atoms with van der Waals surface area (Å²) >= 11 is 0. The number of benzene rings is 3. The van der Waals surface area contributed by atoms with E-state index < -0.39 is 34.1 Å². The molecular formula is C30H37N3O4S. The molecule has 0 radical (unpaired) electrons. The molecule has 1 atom stereocenters. The van der Waals surface area contributed by atoms with Crippen molar-refractivity contribution in [2.24, 2.45) is 0 Å². The lowest BCUT2D eigenvalue weighted by molar-refractivity contribution is -0.139. The summed E-state index contributed by atoms with van der Waals surface area (Å²) in [6, 6.07) is 24.0. The van der Waals surface area contributed by atoms with Crippen molar-refractivity contribution >= 4 is 27.5 Å². The summed E-state index contributed by atoms with van der Waals surface area (Å²) in [4.78, 5) is 28.5. The maximum absolute atomic E-state index is 13.9. The van der Waals surface area contributed by atoms with Gasteiger partial charge in [-0.25, -0.2) is 8.42 Å². The van der Waals surface area contributed by atoms with Gasteiger partial charge in [0.15, 0.2) is 0 Å². The third-order valence-corrected chi connectivity index (χ3v) is 7.84. The number of nitrogens with zero attached hydrogens (tertiary/aromatic N) is 2. The summed E-state index contributed by atoms with van der Waals surface area (Å²) in [6.45, 7) is 8.98. The van der Waals surface area contributed by atoms with Crippen LogP contribution in [0, 0.1) is 6.92 Å². The molecule has 0 saturated carbocycles. The van der Waals surface area contributed by atoms with E-state index >= 15 is 0 Å². The molecule has 0 aromatic heterocycles. The van der Waals surface area contributed by atoms with E-state index in [9.17, 15) is 18.0 Å². The van der Waals surface area contributed by atoms with Crippen LogP contribution in [0.5, 0.6) is 0 Å². The summed E-state index contributed by atoms with van der Waals surface area (Å²) in [5.74, 6) is -0.759. The minimum atomic E-state index is -4.06. The molecule has 0 aliphatic heterocycles. The highest BCUT2D eigenvalue weighted by atomic mass is 32.2. The van der Waals surface area contributed by atoms with Crippen LogP contribution in [0.3, 0.4) is 0 Å². The van der Waals surface area contributed by atoms with Gasteiger partial charge in [0.2, 0.25) is 11.8 Å². The van der Waals surface area contributed by atoms with Crippen LogP contribution < -0.4 is 9.62 Å². The van der Waals surface area contributed by atoms with Crippen LogP contribution in [0.2, 0.25) is 0 Å². The van der Waals surface area contributed by atoms with Crippen molar-refractivity contribution < 1.29 is 18.0 Å². The van der Waals surface area contributed by atoms with Crippen LogP contribution in [0.4, 0.5) is 5.69 Å². The van der Waals surface area contributed by atoms with E-state index in [2.05, 4.69) is 5.32 Å². The zero-order valence-corrected chi connectivity index (χ0v) is 23.5. The van der Waals surface area contributed by atoms with Crippen molar-refractivity contribution in [3.05, 3.63) is 96.1 Å². The van der Waals surface area contributed by atoms with Gasteiger partial charge in [-0.2, -0.15) is 0 Å². The van der Waals surface area contributed by atoms with Crippen LogP contribution in [0.25, 0.3) is 0 Å². The Kier molecular flexibility index (Phi) is 9.33. The van der Waals surface area contributed by atoms with E-state index in [-0.39, 0.29) is 17.3 Å². The maximum atomic E-state index is 13.9. The molecule has 3 aromatic carbocycles. The minimum absolute atomic E-state index is 0.0867. The molecule has 0 spiro atoms. The second kappa shape index (κ2) is 12.3. The smallest absolute Gasteiger partial charge is 0.264 e. The van der Waals surface area contributed by atoms with E-state index in [0.29, 0.717) is 12.1 Å². The van der Waals surface area contributed by atoms with Crippen molar-refractivity contribution in [1.82, 2.24) is 10.2 Å². The number of hydrogen-bond acceptors (Lipinski definition) is 4. The Bertz CT molecular complexity index is 1340. The van der Waals surface area contributed by atoms with Gasteiger partial charge in [0.1, 0.15) is 12.6 Å². The number of aryl methyl sites for hydroxylation is 1. The average molecular weight is 536 g/mol. The molecule has 0 saturated heterocycles. The number of carbonyl (C=O) groups excluding carboxylic acids is 2. The van der Waals surface area contributed by atoms with Crippen LogP contribution in [-0.2, 0) is 26.0 Å². The van der Waals surface area contributed by atoms with E-state index in [4.69, 9.17) is 0 Å². The molecule has 1 N–H and O–H groups in total. The van der Waals surface area contributed by atoms with Crippen molar-refractivity contribution in [3.8, 4) is 0 Å². The van der Waals surface area contributed by atoms with Gasteiger partial charge >= 0.3 is 0 Å². The molecule has 8 heteroatoms. The van der Waals surface area contributed by atoms with Crippen molar-refractivity contribution in [2.75, 3.05) is 17.4 Å². The number of hydrogen-bond donors (Lipinski definition) is 1. The van der Waals surface area contributed by atoms with Gasteiger partial charge in [-0.05, 0) is 76.4 Å². The first kappa shape index (κ1) is 28.9. The van der Waals surface area contributed by atoms with Crippen molar-refractivity contribution in [1.29, 1.82) is 0 Å². The highest BCUT2D eigenvalue weighted by Gasteiger charge is 2.33. The third kappa shape index (κ3) is 7.68. The van der Waals surface area contributed by atoms with E-state index in [1.807, 2.05) is 64.1 Å². The highest BCUT2D eigenvalue weighted by Crippen LogP contribution is 2.25. The summed E-state index contributed by atoms with van der Waals surface area (Å²) < 4.78 is 28.6. The monoisotopic (exact) mass is 535 g/mol. The lowest BCUT2D eigenvalue weighted by Crippen LogP contribution is -2.55. The first-order valence-corrected chi connectivity index (χ1v) is 14.1. The van der Waals surface area contributed by atoms with Crippen LogP contribution in [-0.4, -0.2) is 49.8 Å². The number of carbonyl (C=O) groups is 2. The lowest BCUT2D eigenvalue weighted by Gasteiger charge is -2.33. The average Bonchev–Trinajstić information content (AvgIpc) is 2.87. The Labute approximate surface area is 226 Å². The predicted molar refractivity (Wildman–Crippen MR) is 151 cm³/mol. The molecule has 2 amide bonds. The van der Waals surface area contributed by atoms with Gasteiger partial charge in [0, 0.05) is 12.1 Å². The molecular weight excluding hydrogens is 498 g/mol. The maximum Gasteiger partial charge on any atom is 0.264 e. The van der Waals surface area contributed by atoms with Crippen LogP contribution in [0.1, 0.15) is 38.8 Å². The van der Waals surface area contributed by atoms with Gasteiger partial charge in [-0.3, -0.25) is 13.9 Å². The molecule has 3 aromatic rings. The molecule has 0 heterocycles. The van der Waals surface area contributed by atoms with Crippen molar-refractivity contribution in [2.45, 2.75) is 57.5 Å². The number of nitrogens with one attached hydrogen (secondary N) is 1. The number of amides is 2. The first-order chi connectivity index (χ1) is 17.9. The molecule has 0 bridgehead atoms. The predicted octanol–water partition coefficient (Wildman–Crippen LogP) is 4.56. The van der Waals surface area contributed by atoms with Crippen molar-refractivity contribution in [3.63, 3.8) is 0 Å². The third-order valence-electron chi connectivity index (χ3n) is 6.05. The molecule has 7 nitrogen and oxygen atoms in total. The SMILES string of the molecule is Cc1cccc(N(CC(=O)N(CCc2ccccc2)C(C)C(=O)NC(C)(C)C)S(=O)(=O)c2ccccc2)c1. The normalized spacial score (nSPS) is 12.4. The molecule has 3 rings (SSSR count). The molecule has 0 aliphatic rings. The Balaban J connectivity index is 1.97. The number of sulfonamides is 1. The van der Waals surface area contributed by atoms with Gasteiger partial charge in [-0.15, -0.1) is 0 Å². The Morgan fingerprint density at radius 1 is 0.895 bits per heavy atom. The quantitative estimate of drug-likeness (QED) is 0.412. The number of anilines is 1. The zero-order chi connectivity index (χ0) is 27.9. The number of rotatable bonds is 10. The first-order valence-electron chi connectivity index (χ1n) is 12.7. The molecule has 0 fully saturated rings. The summed E-state index contributed by atoms with van der Waals surface area (Å²) in [5, 5.41) is 2.94. The topological polar surface area (TPSA) is 86.8 Å². The zero-order valence-electron chi connectivity index (χ0n) is 22.7. The second-order valence-electron chi connectivity index (χ2n) is 10.4. The van der Waals surface area contributed by atoms with Gasteiger partial charge in [0.25, 0.3) is 10.0 Å². The fourth-order valence-corrected chi connectivity index (χ4v) is 5.50. The van der Waals surface area contributed by atoms with Gasteiger partial charge < -0.3 is 10.2 Å². The molecule has 1 unspecified atom stereocenters. The summed E-state index contributed by atoms with van der Waals surface area (Å²) in [7, 11) is -4.06. The highest BCUT2D eigenvalue weighted by molar-refractivity contribution is 7.92. The largest absolute Gasteiger partial charge is 0.350 e. The van der Waals surface area contributed by atoms with E-state index in [1.165, 1.54) is 17.0 Å². The Morgan fingerprint density at radius 2 is 1.50 bits per heavy atom. The van der Waals surface area contributed by atoms with E-state index in [1.54, 1.807) is 43.3 Å². The fraction of sp³-hybridized carbons (Fsp3) is 0.333.